The number of ether oxygens (including phenoxy) is 7. The van der Waals surface area contributed by atoms with Crippen LogP contribution in [0, 0.1) is 17.8 Å². The van der Waals surface area contributed by atoms with Crippen molar-refractivity contribution in [3.63, 3.8) is 0 Å². The summed E-state index contributed by atoms with van der Waals surface area (Å²) in [5, 5.41) is 61.8. The molecule has 4 aliphatic rings. The first-order valence-corrected chi connectivity index (χ1v) is 28.5. The molecule has 448 valence electrons. The zero-order valence-corrected chi connectivity index (χ0v) is 49.9. The number of methoxy groups -OCH3 is 1. The van der Waals surface area contributed by atoms with Gasteiger partial charge in [-0.05, 0) is 127 Å². The molecule has 22 heteroatoms. The van der Waals surface area contributed by atoms with Crippen molar-refractivity contribution in [2.24, 2.45) is 17.8 Å². The number of carbonyl (C=O) groups excluding carboxylic acids is 2. The highest BCUT2D eigenvalue weighted by Crippen LogP contribution is 2.42. The van der Waals surface area contributed by atoms with E-state index in [9.17, 15) is 44.7 Å². The van der Waals surface area contributed by atoms with Crippen molar-refractivity contribution in [2.75, 3.05) is 66.8 Å². The number of hydrogen-bond acceptors (Lipinski definition) is 19. The van der Waals surface area contributed by atoms with Crippen molar-refractivity contribution in [3.05, 3.63) is 39.1 Å². The molecule has 2 aromatic rings. The number of aliphatic hydroxyl groups is 4. The quantitative estimate of drug-likeness (QED) is 0.115. The summed E-state index contributed by atoms with van der Waals surface area (Å²) in [6.45, 7) is 19.1. The van der Waals surface area contributed by atoms with E-state index in [2.05, 4.69) is 5.32 Å². The van der Waals surface area contributed by atoms with Gasteiger partial charge in [0.15, 0.2) is 18.7 Å². The second-order valence-electron chi connectivity index (χ2n) is 24.3. The summed E-state index contributed by atoms with van der Waals surface area (Å²) in [7, 11) is 8.91. The van der Waals surface area contributed by atoms with Crippen LogP contribution in [0.15, 0.2) is 23.1 Å². The first kappa shape index (κ1) is 64.6. The van der Waals surface area contributed by atoms with Crippen molar-refractivity contribution >= 4 is 46.1 Å². The van der Waals surface area contributed by atoms with Gasteiger partial charge >= 0.3 is 17.9 Å². The zero-order valence-electron chi connectivity index (χ0n) is 49.1. The normalized spacial score (nSPS) is 37.6. The van der Waals surface area contributed by atoms with Gasteiger partial charge in [-0.3, -0.25) is 14.4 Å². The number of anilines is 1. The Balaban J connectivity index is 1.19. The second-order valence-corrected chi connectivity index (χ2v) is 24.7. The van der Waals surface area contributed by atoms with Gasteiger partial charge in [0.25, 0.3) is 0 Å². The number of pyridine rings is 1. The van der Waals surface area contributed by atoms with Crippen molar-refractivity contribution < 1.29 is 73.1 Å². The molecule has 0 spiro atoms. The third-order valence-corrected chi connectivity index (χ3v) is 17.5. The van der Waals surface area contributed by atoms with E-state index in [4.69, 9.17) is 44.8 Å². The highest BCUT2D eigenvalue weighted by Gasteiger charge is 2.54. The van der Waals surface area contributed by atoms with Gasteiger partial charge < -0.3 is 83.3 Å². The standard InChI is InChI=1S/C57H92ClN5O16/c1-16-43-57(10,72)49(67)34(6)62(14)28-30(2)26-55(8,71)50(79-54-47(66)42(60(11)12)23-31(3)74-54)32(4)48(33(5)53(70)76-43)78-45-27-56(9,73-15)51(35(7)75-45)77-44(64)19-21-61(13)22-20-59-40-24-37-41(25-39(40)58)63(36-17-18-36)29-38(46(37)65)52(68)69/h24-25,29-36,42-43,45,47-51,54,59,66-67,71-72H,16-23,26-28H2,1-15H3,(H,68,69)/t30-,31-,32+,33-,34-,35+,42+,43-,45+,47-,48+,49-,50-,51+,54+,55-,56-,57-/m1/s1. The summed E-state index contributed by atoms with van der Waals surface area (Å²) >= 11 is 6.68. The molecule has 4 heterocycles. The second kappa shape index (κ2) is 26.4. The van der Waals surface area contributed by atoms with Crippen molar-refractivity contribution in [2.45, 2.75) is 211 Å². The third-order valence-electron chi connectivity index (χ3n) is 17.2. The van der Waals surface area contributed by atoms with Crippen LogP contribution in [0.1, 0.15) is 131 Å². The Morgan fingerprint density at radius 3 is 2.23 bits per heavy atom. The maximum absolute atomic E-state index is 14.6. The van der Waals surface area contributed by atoms with E-state index in [1.807, 2.05) is 61.3 Å². The Morgan fingerprint density at radius 1 is 0.949 bits per heavy atom. The number of carboxylic acids is 1. The Hall–Kier alpha value is -3.55. The molecule has 1 aromatic heterocycles. The average molecular weight is 1140 g/mol. The van der Waals surface area contributed by atoms with E-state index in [0.717, 1.165) is 12.8 Å². The van der Waals surface area contributed by atoms with Gasteiger partial charge in [0.2, 0.25) is 5.43 Å². The van der Waals surface area contributed by atoms with Crippen molar-refractivity contribution in [1.29, 1.82) is 0 Å². The Kier molecular flexibility index (Phi) is 21.6. The lowest BCUT2D eigenvalue weighted by atomic mass is 9.77. The van der Waals surface area contributed by atoms with Gasteiger partial charge in [0.1, 0.15) is 35.1 Å². The molecule has 1 saturated carbocycles. The number of carboxylic acid groups (broad SMARTS) is 1. The average Bonchev–Trinajstić information content (AvgIpc) is 4.28. The zero-order chi connectivity index (χ0) is 58.8. The van der Waals surface area contributed by atoms with Crippen LogP contribution in [-0.4, -0.2) is 214 Å². The summed E-state index contributed by atoms with van der Waals surface area (Å²) in [5.74, 6) is -4.70. The molecule has 21 nitrogen and oxygen atoms in total. The molecule has 0 bridgehead atoms. The molecule has 1 aliphatic carbocycles. The van der Waals surface area contributed by atoms with Crippen LogP contribution < -0.4 is 10.7 Å². The number of halogens is 1. The van der Waals surface area contributed by atoms with E-state index in [1.165, 1.54) is 20.2 Å². The van der Waals surface area contributed by atoms with E-state index in [0.29, 0.717) is 48.8 Å². The number of esters is 2. The number of nitrogens with zero attached hydrogens (tertiary/aromatic N) is 4. The summed E-state index contributed by atoms with van der Waals surface area (Å²) in [5.41, 5.74) is -4.51. The largest absolute Gasteiger partial charge is 0.477 e. The number of aromatic nitrogens is 1. The van der Waals surface area contributed by atoms with Crippen molar-refractivity contribution in [1.82, 2.24) is 19.3 Å². The van der Waals surface area contributed by atoms with E-state index in [1.54, 1.807) is 60.6 Å². The van der Waals surface area contributed by atoms with E-state index >= 15 is 0 Å². The van der Waals surface area contributed by atoms with Gasteiger partial charge in [-0.15, -0.1) is 0 Å². The number of aromatic carboxylic acids is 1. The number of carbonyl (C=O) groups is 3. The number of nitrogens with one attached hydrogen (secondary N) is 1. The molecular formula is C57H92ClN5O16. The summed E-state index contributed by atoms with van der Waals surface area (Å²) < 4.78 is 46.8. The number of rotatable bonds is 17. The third kappa shape index (κ3) is 15.0. The van der Waals surface area contributed by atoms with Gasteiger partial charge in [0, 0.05) is 75.3 Å². The highest BCUT2D eigenvalue weighted by molar-refractivity contribution is 6.34. The Labute approximate surface area is 471 Å². The smallest absolute Gasteiger partial charge is 0.341 e. The topological polar surface area (TPSA) is 261 Å². The molecule has 3 aliphatic heterocycles. The molecule has 6 rings (SSSR count). The maximum Gasteiger partial charge on any atom is 0.341 e. The molecule has 1 aromatic carbocycles. The molecule has 79 heavy (non-hydrogen) atoms. The van der Waals surface area contributed by atoms with Crippen LogP contribution in [0.5, 0.6) is 0 Å². The predicted octanol–water partition coefficient (Wildman–Crippen LogP) is 4.89. The van der Waals surface area contributed by atoms with E-state index in [-0.39, 0.29) is 60.7 Å². The fourth-order valence-corrected chi connectivity index (χ4v) is 12.5. The number of likely N-dealkylation sites (N-methyl/N-ethyl adjacent to an activating group) is 3. The van der Waals surface area contributed by atoms with Gasteiger partial charge in [-0.2, -0.15) is 0 Å². The number of benzene rings is 1. The van der Waals surface area contributed by atoms with Crippen LogP contribution in [-0.2, 0) is 42.7 Å². The Morgan fingerprint density at radius 2 is 1.62 bits per heavy atom. The number of fused-ring (bicyclic) bond motifs is 1. The minimum atomic E-state index is -1.87. The van der Waals surface area contributed by atoms with Crippen LogP contribution in [0.4, 0.5) is 5.69 Å². The van der Waals surface area contributed by atoms with Gasteiger partial charge in [-0.1, -0.05) is 32.4 Å². The van der Waals surface area contributed by atoms with Gasteiger partial charge in [-0.25, -0.2) is 4.79 Å². The minimum absolute atomic E-state index is 0.0132. The lowest BCUT2D eigenvalue weighted by Crippen LogP contribution is -2.61. The first-order valence-electron chi connectivity index (χ1n) is 28.1. The number of hydrogen-bond donors (Lipinski definition) is 6. The molecule has 4 fully saturated rings. The monoisotopic (exact) mass is 1140 g/mol. The molecule has 0 radical (unpaired) electrons. The summed E-state index contributed by atoms with van der Waals surface area (Å²) in [6, 6.07) is 2.47. The minimum Gasteiger partial charge on any atom is -0.477 e. The molecule has 3 saturated heterocycles. The van der Waals surface area contributed by atoms with Gasteiger partial charge in [0.05, 0.1) is 58.6 Å². The van der Waals surface area contributed by atoms with Crippen LogP contribution in [0.25, 0.3) is 10.9 Å². The molecule has 0 amide bonds. The van der Waals surface area contributed by atoms with Crippen LogP contribution in [0.2, 0.25) is 5.02 Å². The lowest BCUT2D eigenvalue weighted by molar-refractivity contribution is -0.318. The Bertz CT molecular complexity index is 2480. The summed E-state index contributed by atoms with van der Waals surface area (Å²) in [4.78, 5) is 59.2. The molecule has 0 unspecified atom stereocenters. The SMILES string of the molecule is CC[C@H]1OC(=O)[C@H](C)[C@@H](O[C@H]2C[C@@](C)(OC)[C@@H](OC(=O)CCN(C)CCNc3cc4c(=O)c(C(=O)O)cn(C5CC5)c4cc3Cl)[C@H](C)O2)[C@H](C)[C@@H](O[C@@H]2O[C@H](C)C[C@H](N(C)C)[C@H]2O)[C@](C)(O)C[C@@H](C)CN(C)[C@H](C)[C@@H](O)[C@]1(C)O. The number of aliphatic hydroxyl groups excluding tert-OH is 2. The molecule has 18 atom stereocenters. The first-order chi connectivity index (χ1) is 36.8. The lowest BCUT2D eigenvalue weighted by Gasteiger charge is -2.49. The fraction of sp³-hybridized carbons (Fsp3) is 0.789. The van der Waals surface area contributed by atoms with Crippen molar-refractivity contribution in [3.8, 4) is 0 Å². The number of cyclic esters (lactones) is 1. The molecule has 6 N–H and O–H groups in total. The van der Waals surface area contributed by atoms with Crippen LogP contribution >= 0.6 is 11.6 Å². The predicted molar refractivity (Wildman–Crippen MR) is 297 cm³/mol. The fourth-order valence-electron chi connectivity index (χ4n) is 12.2. The van der Waals surface area contributed by atoms with E-state index < -0.39 is 113 Å². The van der Waals surface area contributed by atoms with Crippen LogP contribution in [0.3, 0.4) is 0 Å². The summed E-state index contributed by atoms with van der Waals surface area (Å²) in [6.07, 6.45) is -6.03. The molecular weight excluding hydrogens is 1050 g/mol. The maximum atomic E-state index is 14.6. The highest BCUT2D eigenvalue weighted by atomic mass is 35.5.